The fourth-order valence-electron chi connectivity index (χ4n) is 1.57. The van der Waals surface area contributed by atoms with Crippen molar-refractivity contribution in [2.45, 2.75) is 19.5 Å². The smallest absolute Gasteiger partial charge is 0.370 e. The molecule has 0 aliphatic heterocycles. The van der Waals surface area contributed by atoms with Gasteiger partial charge in [0.1, 0.15) is 24.7 Å². The fourth-order valence-corrected chi connectivity index (χ4v) is 1.57. The van der Waals surface area contributed by atoms with Gasteiger partial charge in [-0.2, -0.15) is 23.7 Å². The fraction of sp³-hybridized carbons (Fsp3) is 0.462. The van der Waals surface area contributed by atoms with Gasteiger partial charge in [0.2, 0.25) is 0 Å². The van der Waals surface area contributed by atoms with Gasteiger partial charge in [0.15, 0.2) is 0 Å². The second-order valence-electron chi connectivity index (χ2n) is 4.20. The molecule has 1 rings (SSSR count). The Kier molecular flexibility index (Phi) is 5.79. The lowest BCUT2D eigenvalue weighted by atomic mass is 10.2. The third-order valence-electron chi connectivity index (χ3n) is 2.54. The van der Waals surface area contributed by atoms with E-state index < -0.39 is 11.7 Å². The number of pyridine rings is 1. The predicted molar refractivity (Wildman–Crippen MR) is 71.5 cm³/mol. The molecule has 0 spiro atoms. The zero-order valence-electron chi connectivity index (χ0n) is 11.4. The number of nitrogens with zero attached hydrogens (tertiary/aromatic N) is 4. The molecule has 0 aromatic carbocycles. The summed E-state index contributed by atoms with van der Waals surface area (Å²) in [7, 11) is 0. The standard InChI is InChI=1S/C13H14F3N5/c1-2-5-19-11-8-10(13(14,15)16)9-12(20-11)21(6-3-17)7-4-18/h8-9H,2,5-7H2,1H3,(H,19,20). The Bertz CT molecular complexity index is 540. The highest BCUT2D eigenvalue weighted by Crippen LogP contribution is 2.32. The highest BCUT2D eigenvalue weighted by atomic mass is 19.4. The van der Waals surface area contributed by atoms with Crippen LogP contribution >= 0.6 is 0 Å². The Hall–Kier alpha value is -2.48. The number of aromatic nitrogens is 1. The Morgan fingerprint density at radius 3 is 2.33 bits per heavy atom. The van der Waals surface area contributed by atoms with Gasteiger partial charge in [-0.15, -0.1) is 0 Å². The largest absolute Gasteiger partial charge is 0.416 e. The van der Waals surface area contributed by atoms with Crippen molar-refractivity contribution in [2.75, 3.05) is 29.9 Å². The van der Waals surface area contributed by atoms with E-state index in [1.807, 2.05) is 6.92 Å². The summed E-state index contributed by atoms with van der Waals surface area (Å²) >= 11 is 0. The summed E-state index contributed by atoms with van der Waals surface area (Å²) in [5.74, 6) is 0.0223. The van der Waals surface area contributed by atoms with E-state index in [-0.39, 0.29) is 24.7 Å². The Morgan fingerprint density at radius 1 is 1.24 bits per heavy atom. The molecule has 112 valence electrons. The van der Waals surface area contributed by atoms with Gasteiger partial charge < -0.3 is 10.2 Å². The maximum atomic E-state index is 12.9. The predicted octanol–water partition coefficient (Wildman–Crippen LogP) is 2.78. The lowest BCUT2D eigenvalue weighted by Gasteiger charge is -2.20. The van der Waals surface area contributed by atoms with Crippen molar-refractivity contribution < 1.29 is 13.2 Å². The molecule has 1 heterocycles. The minimum atomic E-state index is -4.52. The molecule has 0 radical (unpaired) electrons. The van der Waals surface area contributed by atoms with Gasteiger partial charge in [-0.3, -0.25) is 0 Å². The second-order valence-corrected chi connectivity index (χ2v) is 4.20. The first-order valence-corrected chi connectivity index (χ1v) is 6.24. The van der Waals surface area contributed by atoms with Gasteiger partial charge in [0.25, 0.3) is 0 Å². The first-order chi connectivity index (χ1) is 9.92. The molecular weight excluding hydrogens is 283 g/mol. The highest BCUT2D eigenvalue weighted by Gasteiger charge is 2.32. The molecular formula is C13H14F3N5. The van der Waals surface area contributed by atoms with Crippen LogP contribution in [0.2, 0.25) is 0 Å². The maximum Gasteiger partial charge on any atom is 0.416 e. The lowest BCUT2D eigenvalue weighted by Crippen LogP contribution is -2.25. The number of hydrogen-bond acceptors (Lipinski definition) is 5. The molecule has 0 aliphatic rings. The zero-order valence-corrected chi connectivity index (χ0v) is 11.4. The molecule has 0 saturated carbocycles. The van der Waals surface area contributed by atoms with Crippen molar-refractivity contribution in [3.63, 3.8) is 0 Å². The van der Waals surface area contributed by atoms with E-state index in [0.717, 1.165) is 18.6 Å². The number of rotatable bonds is 6. The van der Waals surface area contributed by atoms with Crippen LogP contribution in [0.4, 0.5) is 24.8 Å². The highest BCUT2D eigenvalue weighted by molar-refractivity contribution is 5.52. The van der Waals surface area contributed by atoms with Gasteiger partial charge in [-0.05, 0) is 18.6 Å². The zero-order chi connectivity index (χ0) is 15.9. The number of nitrogens with one attached hydrogen (secondary N) is 1. The third-order valence-corrected chi connectivity index (χ3v) is 2.54. The Labute approximate surface area is 120 Å². The molecule has 0 atom stereocenters. The molecule has 1 N–H and O–H groups in total. The van der Waals surface area contributed by atoms with Gasteiger partial charge >= 0.3 is 6.18 Å². The molecule has 0 saturated heterocycles. The molecule has 8 heteroatoms. The van der Waals surface area contributed by atoms with Gasteiger partial charge in [-0.25, -0.2) is 4.98 Å². The molecule has 0 fully saturated rings. The van der Waals surface area contributed by atoms with Crippen LogP contribution in [0.15, 0.2) is 12.1 Å². The van der Waals surface area contributed by atoms with E-state index in [1.165, 1.54) is 4.90 Å². The van der Waals surface area contributed by atoms with E-state index in [2.05, 4.69) is 10.3 Å². The van der Waals surface area contributed by atoms with Gasteiger partial charge in [0, 0.05) is 6.54 Å². The van der Waals surface area contributed by atoms with Crippen LogP contribution in [-0.4, -0.2) is 24.6 Å². The summed E-state index contributed by atoms with van der Waals surface area (Å²) in [4.78, 5) is 5.22. The van der Waals surface area contributed by atoms with E-state index in [4.69, 9.17) is 10.5 Å². The minimum Gasteiger partial charge on any atom is -0.370 e. The van der Waals surface area contributed by atoms with Crippen molar-refractivity contribution >= 4 is 11.6 Å². The third kappa shape index (κ3) is 4.84. The van der Waals surface area contributed by atoms with E-state index in [0.29, 0.717) is 6.54 Å². The molecule has 0 aliphatic carbocycles. The summed E-state index contributed by atoms with van der Waals surface area (Å²) in [6.45, 7) is 1.92. The van der Waals surface area contributed by atoms with Crippen molar-refractivity contribution in [3.8, 4) is 12.1 Å². The van der Waals surface area contributed by atoms with E-state index >= 15 is 0 Å². The first kappa shape index (κ1) is 16.6. The summed E-state index contributed by atoms with van der Waals surface area (Å²) in [5.41, 5.74) is -0.869. The molecule has 1 aromatic heterocycles. The SMILES string of the molecule is CCCNc1cc(C(F)(F)F)cc(N(CC#N)CC#N)n1. The van der Waals surface area contributed by atoms with Crippen LogP contribution in [-0.2, 0) is 6.18 Å². The second kappa shape index (κ2) is 7.34. The molecule has 1 aromatic rings. The number of alkyl halides is 3. The topological polar surface area (TPSA) is 75.7 Å². The van der Waals surface area contributed by atoms with Crippen molar-refractivity contribution in [2.24, 2.45) is 0 Å². The van der Waals surface area contributed by atoms with E-state index in [9.17, 15) is 13.2 Å². The van der Waals surface area contributed by atoms with Crippen LogP contribution in [0.5, 0.6) is 0 Å². The molecule has 5 nitrogen and oxygen atoms in total. The minimum absolute atomic E-state index is 0.0495. The van der Waals surface area contributed by atoms with Crippen molar-refractivity contribution in [3.05, 3.63) is 17.7 Å². The Morgan fingerprint density at radius 2 is 1.86 bits per heavy atom. The first-order valence-electron chi connectivity index (χ1n) is 6.24. The van der Waals surface area contributed by atoms with Crippen LogP contribution in [0, 0.1) is 22.7 Å². The molecule has 0 bridgehead atoms. The van der Waals surface area contributed by atoms with Gasteiger partial charge in [-0.1, -0.05) is 6.92 Å². The van der Waals surface area contributed by atoms with Crippen molar-refractivity contribution in [1.82, 2.24) is 4.98 Å². The summed E-state index contributed by atoms with van der Waals surface area (Å²) in [6, 6.07) is 5.36. The molecule has 0 unspecified atom stereocenters. The number of anilines is 2. The van der Waals surface area contributed by atoms with Crippen LogP contribution in [0.3, 0.4) is 0 Å². The summed E-state index contributed by atoms with van der Waals surface area (Å²) in [6.07, 6.45) is -3.79. The van der Waals surface area contributed by atoms with Crippen LogP contribution in [0.25, 0.3) is 0 Å². The molecule has 0 amide bonds. The van der Waals surface area contributed by atoms with Gasteiger partial charge in [0.05, 0.1) is 17.7 Å². The van der Waals surface area contributed by atoms with Crippen molar-refractivity contribution in [1.29, 1.82) is 10.5 Å². The molecule has 21 heavy (non-hydrogen) atoms. The summed E-state index contributed by atoms with van der Waals surface area (Å²) in [5, 5.41) is 20.2. The number of halogens is 3. The average molecular weight is 297 g/mol. The van der Waals surface area contributed by atoms with Crippen LogP contribution < -0.4 is 10.2 Å². The maximum absolute atomic E-state index is 12.9. The van der Waals surface area contributed by atoms with Crippen LogP contribution in [0.1, 0.15) is 18.9 Å². The average Bonchev–Trinajstić information content (AvgIpc) is 2.43. The monoisotopic (exact) mass is 297 g/mol. The lowest BCUT2D eigenvalue weighted by molar-refractivity contribution is -0.137. The number of hydrogen-bond donors (Lipinski definition) is 1. The summed E-state index contributed by atoms with van der Waals surface area (Å²) < 4.78 is 38.7. The number of nitriles is 2. The van der Waals surface area contributed by atoms with E-state index in [1.54, 1.807) is 12.1 Å². The normalized spacial score (nSPS) is 10.6. The quantitative estimate of drug-likeness (QED) is 0.817. The Balaban J connectivity index is 3.23.